The van der Waals surface area contributed by atoms with Crippen LogP contribution in [0.25, 0.3) is 0 Å². The molecule has 1 aromatic heterocycles. The molecule has 4 rings (SSSR count). The average Bonchev–Trinajstić information content (AvgIpc) is 3.36. The van der Waals surface area contributed by atoms with Gasteiger partial charge in [-0.05, 0) is 48.4 Å². The van der Waals surface area contributed by atoms with E-state index in [0.29, 0.717) is 25.6 Å². The van der Waals surface area contributed by atoms with E-state index < -0.39 is 35.5 Å². The van der Waals surface area contributed by atoms with Gasteiger partial charge in [0.15, 0.2) is 0 Å². The summed E-state index contributed by atoms with van der Waals surface area (Å²) >= 11 is 0. The molecule has 2 aromatic carbocycles. The Labute approximate surface area is 223 Å². The Kier molecular flexibility index (Phi) is 8.37. The fraction of sp³-hybridized carbons (Fsp3) is 0.321. The number of nitrogens with one attached hydrogen (secondary N) is 1. The second kappa shape index (κ2) is 11.7. The van der Waals surface area contributed by atoms with Gasteiger partial charge in [0, 0.05) is 51.6 Å². The van der Waals surface area contributed by atoms with E-state index in [1.165, 1.54) is 11.0 Å². The maximum absolute atomic E-state index is 14.1. The first-order valence-electron chi connectivity index (χ1n) is 12.3. The number of carbonyl (C=O) groups excluding carboxylic acids is 2. The van der Waals surface area contributed by atoms with Crippen molar-refractivity contribution in [2.24, 2.45) is 0 Å². The summed E-state index contributed by atoms with van der Waals surface area (Å²) < 4.78 is 58.0. The zero-order valence-corrected chi connectivity index (χ0v) is 21.5. The number of benzene rings is 2. The summed E-state index contributed by atoms with van der Waals surface area (Å²) in [7, 11) is 3.89. The van der Waals surface area contributed by atoms with Crippen molar-refractivity contribution in [3.8, 4) is 5.88 Å². The lowest BCUT2D eigenvalue weighted by Crippen LogP contribution is -2.34. The van der Waals surface area contributed by atoms with Crippen LogP contribution >= 0.6 is 0 Å². The fourth-order valence-corrected chi connectivity index (χ4v) is 4.24. The molecule has 39 heavy (non-hydrogen) atoms. The Hall–Kier alpha value is -4.15. The lowest BCUT2D eigenvalue weighted by atomic mass is 10.0. The van der Waals surface area contributed by atoms with Gasteiger partial charge in [-0.15, -0.1) is 0 Å². The molecule has 0 unspecified atom stereocenters. The first kappa shape index (κ1) is 27.9. The topological polar surface area (TPSA) is 74.8 Å². The second-order valence-electron chi connectivity index (χ2n) is 9.42. The highest BCUT2D eigenvalue weighted by molar-refractivity contribution is 6.07. The maximum Gasteiger partial charge on any atom is 0.417 e. The lowest BCUT2D eigenvalue weighted by Gasteiger charge is -2.19. The Morgan fingerprint density at radius 1 is 1.08 bits per heavy atom. The SMILES string of the molecule is CN(C)c1ccc(CCNC(=O)c2ccc(F)cc2C(=O)N2CC[C@H](Oc3ccc(C(F)(F)F)cn3)C2)cc1. The van der Waals surface area contributed by atoms with Crippen LogP contribution in [0.15, 0.2) is 60.8 Å². The highest BCUT2D eigenvalue weighted by Gasteiger charge is 2.32. The molecule has 7 nitrogen and oxygen atoms in total. The van der Waals surface area contributed by atoms with Crippen molar-refractivity contribution >= 4 is 17.5 Å². The van der Waals surface area contributed by atoms with Crippen LogP contribution in [0.4, 0.5) is 23.2 Å². The quantitative estimate of drug-likeness (QED) is 0.421. The predicted octanol–water partition coefficient (Wildman–Crippen LogP) is 4.57. The van der Waals surface area contributed by atoms with E-state index in [-0.39, 0.29) is 30.1 Å². The molecular formula is C28H28F4N4O3. The van der Waals surface area contributed by atoms with E-state index in [1.807, 2.05) is 43.3 Å². The number of anilines is 1. The number of carbonyl (C=O) groups is 2. The molecule has 0 aliphatic carbocycles. The zero-order valence-electron chi connectivity index (χ0n) is 21.5. The van der Waals surface area contributed by atoms with Crippen LogP contribution in [0.5, 0.6) is 5.88 Å². The van der Waals surface area contributed by atoms with Gasteiger partial charge < -0.3 is 19.9 Å². The van der Waals surface area contributed by atoms with Crippen molar-refractivity contribution in [1.82, 2.24) is 15.2 Å². The molecule has 2 amide bonds. The smallest absolute Gasteiger partial charge is 0.417 e. The van der Waals surface area contributed by atoms with Crippen LogP contribution in [0.1, 0.15) is 38.3 Å². The van der Waals surface area contributed by atoms with E-state index in [4.69, 9.17) is 4.74 Å². The molecular weight excluding hydrogens is 516 g/mol. The number of aromatic nitrogens is 1. The van der Waals surface area contributed by atoms with Crippen LogP contribution < -0.4 is 15.0 Å². The molecule has 2 heterocycles. The third kappa shape index (κ3) is 7.04. The van der Waals surface area contributed by atoms with Crippen molar-refractivity contribution in [3.63, 3.8) is 0 Å². The summed E-state index contributed by atoms with van der Waals surface area (Å²) in [5, 5.41) is 2.79. The van der Waals surface area contributed by atoms with Crippen LogP contribution in [0.2, 0.25) is 0 Å². The monoisotopic (exact) mass is 544 g/mol. The van der Waals surface area contributed by atoms with Crippen molar-refractivity contribution in [1.29, 1.82) is 0 Å². The molecule has 1 N–H and O–H groups in total. The molecule has 1 aliphatic rings. The van der Waals surface area contributed by atoms with Crippen LogP contribution in [0.3, 0.4) is 0 Å². The molecule has 3 aromatic rings. The summed E-state index contributed by atoms with van der Waals surface area (Å²) in [6.07, 6.45) is -3.36. The third-order valence-corrected chi connectivity index (χ3v) is 6.39. The number of hydrogen-bond acceptors (Lipinski definition) is 5. The molecule has 0 saturated carbocycles. The number of alkyl halides is 3. The van der Waals surface area contributed by atoms with Gasteiger partial charge in [-0.25, -0.2) is 9.37 Å². The Balaban J connectivity index is 1.36. The lowest BCUT2D eigenvalue weighted by molar-refractivity contribution is -0.137. The molecule has 0 spiro atoms. The minimum Gasteiger partial charge on any atom is -0.472 e. The molecule has 11 heteroatoms. The molecule has 1 aliphatic heterocycles. The minimum atomic E-state index is -4.51. The van der Waals surface area contributed by atoms with Gasteiger partial charge in [0.2, 0.25) is 5.88 Å². The normalized spacial score (nSPS) is 15.2. The molecule has 1 saturated heterocycles. The maximum atomic E-state index is 14.1. The van der Waals surface area contributed by atoms with Gasteiger partial charge in [0.25, 0.3) is 11.8 Å². The van der Waals surface area contributed by atoms with Gasteiger partial charge in [-0.3, -0.25) is 9.59 Å². The van der Waals surface area contributed by atoms with E-state index in [1.54, 1.807) is 0 Å². The van der Waals surface area contributed by atoms with Crippen molar-refractivity contribution in [2.75, 3.05) is 38.6 Å². The second-order valence-corrected chi connectivity index (χ2v) is 9.42. The molecule has 206 valence electrons. The van der Waals surface area contributed by atoms with Crippen molar-refractivity contribution in [3.05, 3.63) is 88.9 Å². The number of ether oxygens (including phenoxy) is 1. The summed E-state index contributed by atoms with van der Waals surface area (Å²) in [6, 6.07) is 13.3. The number of likely N-dealkylation sites (tertiary alicyclic amines) is 1. The summed E-state index contributed by atoms with van der Waals surface area (Å²) in [4.78, 5) is 33.3. The van der Waals surface area contributed by atoms with Gasteiger partial charge >= 0.3 is 6.18 Å². The fourth-order valence-electron chi connectivity index (χ4n) is 4.24. The van der Waals surface area contributed by atoms with Gasteiger partial charge in [0.05, 0.1) is 23.2 Å². The van der Waals surface area contributed by atoms with E-state index >= 15 is 0 Å². The van der Waals surface area contributed by atoms with Crippen LogP contribution in [0, 0.1) is 5.82 Å². The Morgan fingerprint density at radius 2 is 1.82 bits per heavy atom. The summed E-state index contributed by atoms with van der Waals surface area (Å²) in [5.74, 6) is -1.68. The molecule has 0 radical (unpaired) electrons. The number of pyridine rings is 1. The minimum absolute atomic E-state index is 0.00414. The first-order chi connectivity index (χ1) is 18.5. The third-order valence-electron chi connectivity index (χ3n) is 6.39. The van der Waals surface area contributed by atoms with Gasteiger partial charge in [0.1, 0.15) is 11.9 Å². The van der Waals surface area contributed by atoms with E-state index in [9.17, 15) is 27.2 Å². The Morgan fingerprint density at radius 3 is 2.46 bits per heavy atom. The van der Waals surface area contributed by atoms with Crippen LogP contribution in [-0.4, -0.2) is 61.5 Å². The van der Waals surface area contributed by atoms with Crippen molar-refractivity contribution < 1.29 is 31.9 Å². The van der Waals surface area contributed by atoms with Gasteiger partial charge in [-0.1, -0.05) is 12.1 Å². The summed E-state index contributed by atoms with van der Waals surface area (Å²) in [6.45, 7) is 0.706. The number of nitrogens with zero attached hydrogens (tertiary/aromatic N) is 3. The summed E-state index contributed by atoms with van der Waals surface area (Å²) in [5.41, 5.74) is 1.18. The molecule has 1 atom stereocenters. The number of hydrogen-bond donors (Lipinski definition) is 1. The van der Waals surface area contributed by atoms with Crippen LogP contribution in [-0.2, 0) is 12.6 Å². The molecule has 0 bridgehead atoms. The van der Waals surface area contributed by atoms with Crippen molar-refractivity contribution in [2.45, 2.75) is 25.1 Å². The highest BCUT2D eigenvalue weighted by Crippen LogP contribution is 2.29. The Bertz CT molecular complexity index is 1310. The number of amides is 2. The number of halogens is 4. The van der Waals surface area contributed by atoms with Gasteiger partial charge in [-0.2, -0.15) is 13.2 Å². The highest BCUT2D eigenvalue weighted by atomic mass is 19.4. The molecule has 1 fully saturated rings. The van der Waals surface area contributed by atoms with E-state index in [2.05, 4.69) is 10.3 Å². The standard InChI is InChI=1S/C28H28F4N4O3/c1-35(2)21-7-3-18(4-8-21)11-13-33-26(37)23-9-6-20(29)15-24(23)27(38)36-14-12-22(17-36)39-25-10-5-19(16-34-25)28(30,31)32/h3-10,15-16,22H,11-14,17H2,1-2H3,(H,33,37)/t22-/m0/s1. The predicted molar refractivity (Wildman–Crippen MR) is 137 cm³/mol. The average molecular weight is 545 g/mol. The first-order valence-corrected chi connectivity index (χ1v) is 12.3. The zero-order chi connectivity index (χ0) is 28.2. The number of rotatable bonds is 8. The van der Waals surface area contributed by atoms with E-state index in [0.717, 1.165) is 35.5 Å². The largest absolute Gasteiger partial charge is 0.472 e.